The van der Waals surface area contributed by atoms with Gasteiger partial charge < -0.3 is 10.6 Å². The number of hydrogen-bond acceptors (Lipinski definition) is 3. The topological polar surface area (TPSA) is 54.0 Å². The number of fused-ring (bicyclic) bond motifs is 1. The van der Waals surface area contributed by atoms with Crippen LogP contribution in [0.15, 0.2) is 66.7 Å². The van der Waals surface area contributed by atoms with Gasteiger partial charge in [0.05, 0.1) is 10.2 Å². The van der Waals surface area contributed by atoms with Crippen LogP contribution in [0.2, 0.25) is 5.02 Å². The first-order chi connectivity index (χ1) is 14.1. The minimum absolute atomic E-state index is 0.236. The Labute approximate surface area is 178 Å². The summed E-state index contributed by atoms with van der Waals surface area (Å²) < 4.78 is 1.18. The SMILES string of the molecule is Cc1ccc2nc(-c3ccc(NC(=O)NCCc4ccccc4Cl)cc3)sc2c1. The molecule has 0 spiro atoms. The van der Waals surface area contributed by atoms with Gasteiger partial charge in [0.15, 0.2) is 0 Å². The van der Waals surface area contributed by atoms with Gasteiger partial charge in [-0.2, -0.15) is 0 Å². The van der Waals surface area contributed by atoms with Crippen molar-refractivity contribution >= 4 is 44.9 Å². The highest BCUT2D eigenvalue weighted by Crippen LogP contribution is 2.31. The van der Waals surface area contributed by atoms with Crippen LogP contribution in [0.25, 0.3) is 20.8 Å². The van der Waals surface area contributed by atoms with Gasteiger partial charge in [-0.1, -0.05) is 35.9 Å². The third kappa shape index (κ3) is 4.75. The number of hydrogen-bond donors (Lipinski definition) is 2. The number of benzene rings is 3. The van der Waals surface area contributed by atoms with Crippen LogP contribution in [0.3, 0.4) is 0 Å². The van der Waals surface area contributed by atoms with E-state index in [-0.39, 0.29) is 6.03 Å². The number of amides is 2. The summed E-state index contributed by atoms with van der Waals surface area (Å²) in [6, 6.07) is 21.4. The third-order valence-electron chi connectivity index (χ3n) is 4.57. The largest absolute Gasteiger partial charge is 0.338 e. The number of urea groups is 1. The quantitative estimate of drug-likeness (QED) is 0.398. The molecule has 0 aliphatic heterocycles. The fourth-order valence-corrected chi connectivity index (χ4v) is 4.34. The monoisotopic (exact) mass is 421 g/mol. The normalized spacial score (nSPS) is 10.8. The van der Waals surface area contributed by atoms with E-state index in [2.05, 4.69) is 29.7 Å². The summed E-state index contributed by atoms with van der Waals surface area (Å²) >= 11 is 7.81. The second kappa shape index (κ2) is 8.64. The highest BCUT2D eigenvalue weighted by atomic mass is 35.5. The summed E-state index contributed by atoms with van der Waals surface area (Å²) in [6.45, 7) is 2.59. The average molecular weight is 422 g/mol. The molecule has 0 saturated carbocycles. The molecule has 4 rings (SSSR count). The Morgan fingerprint density at radius 2 is 1.86 bits per heavy atom. The zero-order valence-electron chi connectivity index (χ0n) is 15.9. The van der Waals surface area contributed by atoms with E-state index in [1.807, 2.05) is 54.6 Å². The molecule has 0 fully saturated rings. The molecule has 0 aliphatic carbocycles. The van der Waals surface area contributed by atoms with Crippen LogP contribution in [0.1, 0.15) is 11.1 Å². The van der Waals surface area contributed by atoms with E-state index in [0.717, 1.165) is 32.4 Å². The Morgan fingerprint density at radius 3 is 2.66 bits per heavy atom. The van der Waals surface area contributed by atoms with Crippen molar-refractivity contribution in [3.05, 3.63) is 82.9 Å². The van der Waals surface area contributed by atoms with Crippen molar-refractivity contribution in [3.63, 3.8) is 0 Å². The molecule has 0 saturated heterocycles. The second-order valence-electron chi connectivity index (χ2n) is 6.79. The molecule has 3 aromatic carbocycles. The number of carbonyl (C=O) groups is 1. The van der Waals surface area contributed by atoms with E-state index in [9.17, 15) is 4.79 Å². The number of carbonyl (C=O) groups excluding carboxylic acids is 1. The molecular formula is C23H20ClN3OS. The first-order valence-corrected chi connectivity index (χ1v) is 10.5. The van der Waals surface area contributed by atoms with Crippen molar-refractivity contribution in [2.45, 2.75) is 13.3 Å². The molecule has 2 N–H and O–H groups in total. The molecule has 4 aromatic rings. The molecule has 29 heavy (non-hydrogen) atoms. The van der Waals surface area contributed by atoms with Crippen molar-refractivity contribution in [2.24, 2.45) is 0 Å². The number of thiazole rings is 1. The maximum atomic E-state index is 12.1. The standard InChI is InChI=1S/C23H20ClN3OS/c1-15-6-11-20-21(14-15)29-22(27-20)17-7-9-18(10-8-17)26-23(28)25-13-12-16-4-2-3-5-19(16)24/h2-11,14H,12-13H2,1H3,(H2,25,26,28). The summed E-state index contributed by atoms with van der Waals surface area (Å²) in [4.78, 5) is 16.8. The zero-order chi connectivity index (χ0) is 20.2. The summed E-state index contributed by atoms with van der Waals surface area (Å²) in [5, 5.41) is 7.40. The second-order valence-corrected chi connectivity index (χ2v) is 8.23. The van der Waals surface area contributed by atoms with E-state index in [1.54, 1.807) is 11.3 Å². The number of aromatic nitrogens is 1. The molecule has 2 amide bonds. The van der Waals surface area contributed by atoms with Gasteiger partial charge in [-0.15, -0.1) is 11.3 Å². The number of rotatable bonds is 5. The smallest absolute Gasteiger partial charge is 0.319 e. The van der Waals surface area contributed by atoms with Gasteiger partial charge in [-0.25, -0.2) is 9.78 Å². The van der Waals surface area contributed by atoms with Crippen LogP contribution < -0.4 is 10.6 Å². The molecule has 1 aromatic heterocycles. The van der Waals surface area contributed by atoms with Gasteiger partial charge in [0.2, 0.25) is 0 Å². The fourth-order valence-electron chi connectivity index (χ4n) is 3.04. The predicted molar refractivity (Wildman–Crippen MR) is 122 cm³/mol. The molecule has 0 radical (unpaired) electrons. The summed E-state index contributed by atoms with van der Waals surface area (Å²) in [5.74, 6) is 0. The molecular weight excluding hydrogens is 402 g/mol. The van der Waals surface area contributed by atoms with Crippen molar-refractivity contribution in [1.29, 1.82) is 0 Å². The Morgan fingerprint density at radius 1 is 1.07 bits per heavy atom. The lowest BCUT2D eigenvalue weighted by molar-refractivity contribution is 0.252. The van der Waals surface area contributed by atoms with E-state index < -0.39 is 0 Å². The first-order valence-electron chi connectivity index (χ1n) is 9.34. The minimum atomic E-state index is -0.236. The number of nitrogens with zero attached hydrogens (tertiary/aromatic N) is 1. The zero-order valence-corrected chi connectivity index (χ0v) is 17.5. The van der Waals surface area contributed by atoms with E-state index >= 15 is 0 Å². The van der Waals surface area contributed by atoms with Gasteiger partial charge >= 0.3 is 6.03 Å². The molecule has 4 nitrogen and oxygen atoms in total. The van der Waals surface area contributed by atoms with Gasteiger partial charge in [0.1, 0.15) is 5.01 Å². The lowest BCUT2D eigenvalue weighted by Crippen LogP contribution is -2.30. The number of halogens is 1. The van der Waals surface area contributed by atoms with Crippen LogP contribution in [-0.4, -0.2) is 17.6 Å². The Bertz CT molecular complexity index is 1150. The van der Waals surface area contributed by atoms with Crippen LogP contribution in [0.4, 0.5) is 10.5 Å². The fraction of sp³-hybridized carbons (Fsp3) is 0.130. The van der Waals surface area contributed by atoms with Crippen LogP contribution >= 0.6 is 22.9 Å². The lowest BCUT2D eigenvalue weighted by Gasteiger charge is -2.09. The van der Waals surface area contributed by atoms with Gasteiger partial charge in [0.25, 0.3) is 0 Å². The van der Waals surface area contributed by atoms with Crippen LogP contribution in [0, 0.1) is 6.92 Å². The maximum Gasteiger partial charge on any atom is 0.319 e. The molecule has 0 aliphatic rings. The number of aryl methyl sites for hydroxylation is 1. The average Bonchev–Trinajstić information content (AvgIpc) is 3.13. The summed E-state index contributed by atoms with van der Waals surface area (Å²) in [6.07, 6.45) is 0.684. The molecule has 6 heteroatoms. The Hall–Kier alpha value is -2.89. The van der Waals surface area contributed by atoms with Gasteiger partial charge in [0, 0.05) is 22.8 Å². The molecule has 146 valence electrons. The lowest BCUT2D eigenvalue weighted by atomic mass is 10.1. The molecule has 0 atom stereocenters. The first kappa shape index (κ1) is 19.4. The molecule has 0 unspecified atom stereocenters. The Kier molecular flexibility index (Phi) is 5.79. The number of anilines is 1. The Balaban J connectivity index is 1.35. The summed E-state index contributed by atoms with van der Waals surface area (Å²) in [5.41, 5.74) is 5.03. The molecule has 1 heterocycles. The highest BCUT2D eigenvalue weighted by Gasteiger charge is 2.08. The van der Waals surface area contributed by atoms with Crippen molar-refractivity contribution < 1.29 is 4.79 Å². The van der Waals surface area contributed by atoms with E-state index in [1.165, 1.54) is 10.3 Å². The van der Waals surface area contributed by atoms with Crippen molar-refractivity contribution in [3.8, 4) is 10.6 Å². The van der Waals surface area contributed by atoms with Crippen molar-refractivity contribution in [1.82, 2.24) is 10.3 Å². The number of nitrogens with one attached hydrogen (secondary N) is 2. The van der Waals surface area contributed by atoms with Crippen LogP contribution in [-0.2, 0) is 6.42 Å². The third-order valence-corrected chi connectivity index (χ3v) is 6.01. The maximum absolute atomic E-state index is 12.1. The highest BCUT2D eigenvalue weighted by molar-refractivity contribution is 7.21. The van der Waals surface area contributed by atoms with Gasteiger partial charge in [-0.05, 0) is 66.9 Å². The predicted octanol–water partition coefficient (Wildman–Crippen LogP) is 6.29. The van der Waals surface area contributed by atoms with E-state index in [4.69, 9.17) is 16.6 Å². The van der Waals surface area contributed by atoms with Crippen LogP contribution in [0.5, 0.6) is 0 Å². The molecule has 0 bridgehead atoms. The van der Waals surface area contributed by atoms with Crippen molar-refractivity contribution in [2.75, 3.05) is 11.9 Å². The minimum Gasteiger partial charge on any atom is -0.338 e. The van der Waals surface area contributed by atoms with Gasteiger partial charge in [-0.3, -0.25) is 0 Å². The summed E-state index contributed by atoms with van der Waals surface area (Å²) in [7, 11) is 0. The van der Waals surface area contributed by atoms with E-state index in [0.29, 0.717) is 13.0 Å².